The first-order valence-electron chi connectivity index (χ1n) is 9.65. The molecule has 2 aromatic rings. The number of alkyl halides is 4. The standard InChI is InChI=1S/C22H24F4N2O3/c1-12(2)19(29)11-17-10-16(9-13(3)27-17)20(30)28-14(4)15-5-7-18(8-6-15)31-22(25,26)21(23)24/h5-10,12,14,21H,11H2,1-4H3,(H,28,30). The summed E-state index contributed by atoms with van der Waals surface area (Å²) in [7, 11) is 0. The van der Waals surface area contributed by atoms with E-state index in [-0.39, 0.29) is 18.1 Å². The van der Waals surface area contributed by atoms with Gasteiger partial charge in [-0.3, -0.25) is 14.6 Å². The smallest absolute Gasteiger partial charge is 0.428 e. The van der Waals surface area contributed by atoms with Crippen LogP contribution in [0.15, 0.2) is 36.4 Å². The molecule has 0 saturated carbocycles. The molecule has 168 valence electrons. The van der Waals surface area contributed by atoms with Crippen LogP contribution in [0.3, 0.4) is 0 Å². The molecular formula is C22H24F4N2O3. The van der Waals surface area contributed by atoms with Gasteiger partial charge in [0.15, 0.2) is 0 Å². The Kier molecular flexibility index (Phi) is 7.75. The number of hydrogen-bond donors (Lipinski definition) is 1. The first-order valence-corrected chi connectivity index (χ1v) is 9.65. The first kappa shape index (κ1) is 24.3. The van der Waals surface area contributed by atoms with E-state index in [0.29, 0.717) is 22.5 Å². The van der Waals surface area contributed by atoms with Crippen LogP contribution in [-0.2, 0) is 11.2 Å². The van der Waals surface area contributed by atoms with Crippen molar-refractivity contribution >= 4 is 11.7 Å². The zero-order valence-corrected chi connectivity index (χ0v) is 17.6. The quantitative estimate of drug-likeness (QED) is 0.564. The molecule has 0 bridgehead atoms. The molecule has 1 amide bonds. The second-order valence-electron chi connectivity index (χ2n) is 7.52. The third-order valence-corrected chi connectivity index (χ3v) is 4.50. The van der Waals surface area contributed by atoms with Gasteiger partial charge in [0.05, 0.1) is 6.04 Å². The van der Waals surface area contributed by atoms with Gasteiger partial charge in [-0.15, -0.1) is 0 Å². The van der Waals surface area contributed by atoms with Crippen molar-refractivity contribution in [2.75, 3.05) is 0 Å². The summed E-state index contributed by atoms with van der Waals surface area (Å²) in [5, 5.41) is 2.77. The molecule has 1 aromatic carbocycles. The number of aryl methyl sites for hydroxylation is 1. The van der Waals surface area contributed by atoms with Gasteiger partial charge >= 0.3 is 12.5 Å². The summed E-state index contributed by atoms with van der Waals surface area (Å²) in [6, 6.07) is 7.68. The third kappa shape index (κ3) is 6.77. The van der Waals surface area contributed by atoms with E-state index in [0.717, 1.165) is 12.1 Å². The highest BCUT2D eigenvalue weighted by atomic mass is 19.3. The van der Waals surface area contributed by atoms with Crippen LogP contribution in [0.1, 0.15) is 54.1 Å². The normalized spacial score (nSPS) is 12.7. The fourth-order valence-electron chi connectivity index (χ4n) is 2.73. The number of carbonyl (C=O) groups excluding carboxylic acids is 2. The number of rotatable bonds is 9. The fourth-order valence-corrected chi connectivity index (χ4v) is 2.73. The molecule has 1 heterocycles. The van der Waals surface area contributed by atoms with E-state index >= 15 is 0 Å². The minimum Gasteiger partial charge on any atom is -0.428 e. The van der Waals surface area contributed by atoms with Crippen LogP contribution in [0.4, 0.5) is 17.6 Å². The monoisotopic (exact) mass is 440 g/mol. The van der Waals surface area contributed by atoms with Crippen LogP contribution in [0.25, 0.3) is 0 Å². The van der Waals surface area contributed by atoms with E-state index < -0.39 is 30.2 Å². The van der Waals surface area contributed by atoms with Gasteiger partial charge in [0.2, 0.25) is 0 Å². The summed E-state index contributed by atoms with van der Waals surface area (Å²) in [5.41, 5.74) is 1.98. The van der Waals surface area contributed by atoms with Crippen molar-refractivity contribution in [2.24, 2.45) is 5.92 Å². The van der Waals surface area contributed by atoms with Crippen LogP contribution in [0.2, 0.25) is 0 Å². The van der Waals surface area contributed by atoms with E-state index in [4.69, 9.17) is 0 Å². The molecule has 0 fully saturated rings. The zero-order valence-electron chi connectivity index (χ0n) is 17.6. The number of hydrogen-bond acceptors (Lipinski definition) is 4. The number of pyridine rings is 1. The van der Waals surface area contributed by atoms with E-state index in [1.54, 1.807) is 39.8 Å². The summed E-state index contributed by atoms with van der Waals surface area (Å²) in [6.45, 7) is 6.98. The molecule has 0 aliphatic carbocycles. The Morgan fingerprint density at radius 1 is 1.10 bits per heavy atom. The van der Waals surface area contributed by atoms with Gasteiger partial charge in [-0.25, -0.2) is 0 Å². The van der Waals surface area contributed by atoms with Crippen LogP contribution >= 0.6 is 0 Å². The Labute approximate surface area is 177 Å². The highest BCUT2D eigenvalue weighted by Gasteiger charge is 2.43. The molecule has 1 aromatic heterocycles. The molecule has 31 heavy (non-hydrogen) atoms. The van der Waals surface area contributed by atoms with Crippen molar-refractivity contribution in [1.82, 2.24) is 10.3 Å². The molecule has 2 rings (SSSR count). The molecule has 0 radical (unpaired) electrons. The molecular weight excluding hydrogens is 416 g/mol. The molecule has 0 aliphatic rings. The second kappa shape index (κ2) is 9.89. The minimum atomic E-state index is -4.59. The Morgan fingerprint density at radius 2 is 1.71 bits per heavy atom. The maximum absolute atomic E-state index is 13.0. The maximum Gasteiger partial charge on any atom is 0.461 e. The molecule has 1 N–H and O–H groups in total. The largest absolute Gasteiger partial charge is 0.461 e. The number of aromatic nitrogens is 1. The van der Waals surface area contributed by atoms with Crippen molar-refractivity contribution in [3.8, 4) is 5.75 Å². The van der Waals surface area contributed by atoms with Gasteiger partial charge in [-0.1, -0.05) is 26.0 Å². The molecule has 5 nitrogen and oxygen atoms in total. The highest BCUT2D eigenvalue weighted by Crippen LogP contribution is 2.28. The van der Waals surface area contributed by atoms with Crippen molar-refractivity contribution in [2.45, 2.75) is 52.7 Å². The van der Waals surface area contributed by atoms with Crippen molar-refractivity contribution in [3.63, 3.8) is 0 Å². The Hall–Kier alpha value is -2.97. The first-order chi connectivity index (χ1) is 14.4. The molecule has 1 unspecified atom stereocenters. The molecule has 0 spiro atoms. The van der Waals surface area contributed by atoms with E-state index in [9.17, 15) is 27.2 Å². The third-order valence-electron chi connectivity index (χ3n) is 4.50. The lowest BCUT2D eigenvalue weighted by atomic mass is 10.0. The second-order valence-corrected chi connectivity index (χ2v) is 7.52. The minimum absolute atomic E-state index is 0.0116. The summed E-state index contributed by atoms with van der Waals surface area (Å²) < 4.78 is 54.4. The van der Waals surface area contributed by atoms with Crippen molar-refractivity contribution in [3.05, 3.63) is 58.9 Å². The van der Waals surface area contributed by atoms with E-state index in [1.165, 1.54) is 12.1 Å². The lowest BCUT2D eigenvalue weighted by Crippen LogP contribution is -2.33. The number of carbonyl (C=O) groups is 2. The number of halogens is 4. The number of ether oxygens (including phenoxy) is 1. The number of amides is 1. The van der Waals surface area contributed by atoms with Gasteiger partial charge in [-0.05, 0) is 43.7 Å². The number of nitrogens with zero attached hydrogens (tertiary/aromatic N) is 1. The number of Topliss-reactive ketones (excluding diaryl/α,β-unsaturated/α-hetero) is 1. The summed E-state index contributed by atoms with van der Waals surface area (Å²) in [4.78, 5) is 28.9. The summed E-state index contributed by atoms with van der Waals surface area (Å²) in [5.74, 6) is -0.956. The number of ketones is 1. The number of benzene rings is 1. The van der Waals surface area contributed by atoms with Crippen molar-refractivity contribution < 1.29 is 31.9 Å². The van der Waals surface area contributed by atoms with Gasteiger partial charge in [0.25, 0.3) is 5.91 Å². The predicted octanol–water partition coefficient (Wildman–Crippen LogP) is 4.89. The fraction of sp³-hybridized carbons (Fsp3) is 0.409. The summed E-state index contributed by atoms with van der Waals surface area (Å²) >= 11 is 0. The SMILES string of the molecule is Cc1cc(C(=O)NC(C)c2ccc(OC(F)(F)C(F)F)cc2)cc(CC(=O)C(C)C)n1. The van der Waals surface area contributed by atoms with E-state index in [2.05, 4.69) is 15.0 Å². The average Bonchev–Trinajstić information content (AvgIpc) is 2.67. The van der Waals surface area contributed by atoms with Crippen molar-refractivity contribution in [1.29, 1.82) is 0 Å². The topological polar surface area (TPSA) is 68.3 Å². The van der Waals surface area contributed by atoms with Crippen LogP contribution < -0.4 is 10.1 Å². The highest BCUT2D eigenvalue weighted by molar-refractivity contribution is 5.95. The maximum atomic E-state index is 13.0. The van der Waals surface area contributed by atoms with Gasteiger partial charge in [-0.2, -0.15) is 17.6 Å². The molecule has 9 heteroatoms. The van der Waals surface area contributed by atoms with Gasteiger partial charge in [0, 0.05) is 29.3 Å². The Bertz CT molecular complexity index is 931. The van der Waals surface area contributed by atoms with Crippen LogP contribution in [0, 0.1) is 12.8 Å². The molecule has 0 saturated heterocycles. The predicted molar refractivity (Wildman–Crippen MR) is 106 cm³/mol. The Balaban J connectivity index is 2.08. The zero-order chi connectivity index (χ0) is 23.3. The van der Waals surface area contributed by atoms with Gasteiger partial charge in [0.1, 0.15) is 11.5 Å². The lowest BCUT2D eigenvalue weighted by Gasteiger charge is -2.18. The van der Waals surface area contributed by atoms with Crippen LogP contribution in [0.5, 0.6) is 5.75 Å². The summed E-state index contributed by atoms with van der Waals surface area (Å²) in [6.07, 6.45) is -8.41. The van der Waals surface area contributed by atoms with Crippen LogP contribution in [-0.4, -0.2) is 29.2 Å². The Morgan fingerprint density at radius 3 is 2.26 bits per heavy atom. The molecule has 0 aliphatic heterocycles. The van der Waals surface area contributed by atoms with Gasteiger partial charge < -0.3 is 10.1 Å². The number of nitrogens with one attached hydrogen (secondary N) is 1. The molecule has 1 atom stereocenters. The average molecular weight is 440 g/mol. The van der Waals surface area contributed by atoms with E-state index in [1.807, 2.05) is 0 Å². The lowest BCUT2D eigenvalue weighted by molar-refractivity contribution is -0.253.